The van der Waals surface area contributed by atoms with Crippen molar-refractivity contribution >= 4 is 35.3 Å². The van der Waals surface area contributed by atoms with Crippen LogP contribution in [0.3, 0.4) is 0 Å². The van der Waals surface area contributed by atoms with E-state index in [0.717, 1.165) is 23.0 Å². The Morgan fingerprint density at radius 2 is 0.772 bits per heavy atom. The Kier molecular flexibility index (Phi) is 27.7. The number of benzene rings is 2. The van der Waals surface area contributed by atoms with Crippen molar-refractivity contribution in [2.45, 2.75) is 218 Å². The maximum absolute atomic E-state index is 6.34. The minimum Gasteiger partial charge on any atom is -0.465 e. The average Bonchev–Trinajstić information content (AvgIpc) is 3.15. The summed E-state index contributed by atoms with van der Waals surface area (Å²) in [6.07, 6.45) is 36.1. The molecule has 2 aromatic rings. The number of unbranched alkanes of at least 4 members (excludes halogenated alkanes) is 18. The van der Waals surface area contributed by atoms with E-state index in [2.05, 4.69) is 106 Å². The first-order valence-electron chi connectivity index (χ1n) is 23.1. The van der Waals surface area contributed by atoms with E-state index in [0.29, 0.717) is 0 Å². The van der Waals surface area contributed by atoms with E-state index in [4.69, 9.17) is 9.47 Å². The van der Waals surface area contributed by atoms with Gasteiger partial charge in [0.05, 0.1) is 12.5 Å². The number of rotatable bonds is 32. The lowest BCUT2D eigenvalue weighted by Crippen LogP contribution is -2.14. The summed E-state index contributed by atoms with van der Waals surface area (Å²) in [5, 5.41) is 0. The molecule has 0 amide bonds. The summed E-state index contributed by atoms with van der Waals surface area (Å²) in [7, 11) is 0. The van der Waals surface area contributed by atoms with Crippen molar-refractivity contribution < 1.29 is 9.47 Å². The third-order valence-electron chi connectivity index (χ3n) is 10.7. The van der Waals surface area contributed by atoms with Gasteiger partial charge in [-0.15, -0.1) is 0 Å². The highest BCUT2D eigenvalue weighted by Crippen LogP contribution is 2.43. The second-order valence-electron chi connectivity index (χ2n) is 18.3. The molecule has 5 heteroatoms. The molecule has 0 atom stereocenters. The van der Waals surface area contributed by atoms with Gasteiger partial charge in [0.2, 0.25) is 0 Å². The van der Waals surface area contributed by atoms with Gasteiger partial charge in [0.1, 0.15) is 11.5 Å². The van der Waals surface area contributed by atoms with Crippen molar-refractivity contribution in [2.75, 3.05) is 23.0 Å². The number of hydrogen-bond acceptors (Lipinski definition) is 5. The summed E-state index contributed by atoms with van der Waals surface area (Å²) >= 11 is 5.90. The number of ether oxygens (including phenoxy) is 2. The minimum absolute atomic E-state index is 0.0440. The fourth-order valence-electron chi connectivity index (χ4n) is 7.04. The van der Waals surface area contributed by atoms with Crippen molar-refractivity contribution in [3.05, 3.63) is 71.2 Å². The van der Waals surface area contributed by atoms with Crippen molar-refractivity contribution in [1.82, 2.24) is 0 Å². The molecule has 0 N–H and O–H groups in total. The Hall–Kier alpha value is -1.43. The molecule has 2 aromatic carbocycles. The number of thioether (sulfide) groups is 2. The standard InChI is InChI=1S/C52H86O2S3/c1-11-13-15-17-19-21-23-25-27-29-35-55-37-31-33-53-47-39-43(3)49(41-45(47)51(5,6)7)57-50-42-46(52(8,9)10)48(40-44(50)4)54-34-32-38-56-36-30-28-26-24-22-20-18-16-14-12-2/h31-34,39-42H,11-30,35-38H2,1-10H3. The lowest BCUT2D eigenvalue weighted by Gasteiger charge is -2.25. The van der Waals surface area contributed by atoms with Crippen molar-refractivity contribution in [3.8, 4) is 11.5 Å². The first-order valence-corrected chi connectivity index (χ1v) is 26.3. The molecule has 57 heavy (non-hydrogen) atoms. The summed E-state index contributed by atoms with van der Waals surface area (Å²) in [5.74, 6) is 6.39. The quantitative estimate of drug-likeness (QED) is 0.0538. The Morgan fingerprint density at radius 3 is 1.09 bits per heavy atom. The summed E-state index contributed by atoms with van der Waals surface area (Å²) in [6, 6.07) is 9.20. The summed E-state index contributed by atoms with van der Waals surface area (Å²) < 4.78 is 12.7. The van der Waals surface area contributed by atoms with E-state index in [-0.39, 0.29) is 10.8 Å². The van der Waals surface area contributed by atoms with Crippen LogP contribution in [-0.2, 0) is 10.8 Å². The Bertz CT molecular complexity index is 1290. The molecule has 0 aliphatic rings. The predicted molar refractivity (Wildman–Crippen MR) is 262 cm³/mol. The lowest BCUT2D eigenvalue weighted by atomic mass is 9.86. The highest BCUT2D eigenvalue weighted by Gasteiger charge is 2.24. The van der Waals surface area contributed by atoms with E-state index in [1.54, 1.807) is 0 Å². The molecule has 324 valence electrons. The molecule has 2 nitrogen and oxygen atoms in total. The van der Waals surface area contributed by atoms with E-state index in [1.165, 1.54) is 172 Å². The average molecular weight is 839 g/mol. The third-order valence-corrected chi connectivity index (χ3v) is 14.0. The van der Waals surface area contributed by atoms with Crippen LogP contribution in [0.4, 0.5) is 0 Å². The van der Waals surface area contributed by atoms with Gasteiger partial charge in [-0.05, 0) is 96.6 Å². The maximum atomic E-state index is 6.34. The maximum Gasteiger partial charge on any atom is 0.130 e. The molecule has 0 heterocycles. The minimum atomic E-state index is -0.0440. The monoisotopic (exact) mass is 839 g/mol. The van der Waals surface area contributed by atoms with Gasteiger partial charge in [-0.1, -0.05) is 183 Å². The second-order valence-corrected chi connectivity index (χ2v) is 21.7. The SMILES string of the molecule is CCCCCCCCCCCCSCC=COc1cc(C)c(Sc2cc(C(C)(C)C)c(OC=CCSCCCCCCCCCCCC)cc2C)cc1C(C)(C)C. The van der Waals surface area contributed by atoms with Crippen molar-refractivity contribution in [2.24, 2.45) is 0 Å². The Morgan fingerprint density at radius 1 is 0.456 bits per heavy atom. The van der Waals surface area contributed by atoms with Gasteiger partial charge in [-0.25, -0.2) is 0 Å². The lowest BCUT2D eigenvalue weighted by molar-refractivity contribution is 0.452. The van der Waals surface area contributed by atoms with Gasteiger partial charge in [0.25, 0.3) is 0 Å². The Balaban J connectivity index is 1.89. The highest BCUT2D eigenvalue weighted by atomic mass is 32.2. The molecule has 0 bridgehead atoms. The molecule has 0 unspecified atom stereocenters. The van der Waals surface area contributed by atoms with E-state index < -0.39 is 0 Å². The molecule has 2 rings (SSSR count). The van der Waals surface area contributed by atoms with Crippen LogP contribution in [0.2, 0.25) is 0 Å². The van der Waals surface area contributed by atoms with Crippen LogP contribution in [0.1, 0.15) is 206 Å². The van der Waals surface area contributed by atoms with Crippen LogP contribution < -0.4 is 9.47 Å². The fraction of sp³-hybridized carbons (Fsp3) is 0.692. The van der Waals surface area contributed by atoms with Gasteiger partial charge in [0.15, 0.2) is 0 Å². The Labute approximate surface area is 366 Å². The van der Waals surface area contributed by atoms with Gasteiger partial charge in [0, 0.05) is 32.4 Å². The predicted octanol–water partition coefficient (Wildman–Crippen LogP) is 18.1. The zero-order chi connectivity index (χ0) is 41.8. The van der Waals surface area contributed by atoms with E-state index in [1.807, 2.05) is 47.8 Å². The van der Waals surface area contributed by atoms with Crippen LogP contribution in [-0.4, -0.2) is 23.0 Å². The normalized spacial score (nSPS) is 12.4. The molecule has 0 saturated heterocycles. The first-order chi connectivity index (χ1) is 27.4. The molecular weight excluding hydrogens is 753 g/mol. The van der Waals surface area contributed by atoms with Crippen molar-refractivity contribution in [1.29, 1.82) is 0 Å². The molecular formula is C52H86O2S3. The fourth-order valence-corrected chi connectivity index (χ4v) is 9.65. The van der Waals surface area contributed by atoms with Gasteiger partial charge < -0.3 is 9.47 Å². The van der Waals surface area contributed by atoms with E-state index in [9.17, 15) is 0 Å². The number of hydrogen-bond donors (Lipinski definition) is 0. The molecule has 0 saturated carbocycles. The smallest absolute Gasteiger partial charge is 0.130 e. The summed E-state index contributed by atoms with van der Waals surface area (Å²) in [6.45, 7) is 22.7. The number of aryl methyl sites for hydroxylation is 2. The van der Waals surface area contributed by atoms with Crippen LogP contribution in [0.15, 0.2) is 58.7 Å². The first kappa shape index (κ1) is 51.7. The summed E-state index contributed by atoms with van der Waals surface area (Å²) in [4.78, 5) is 2.55. The van der Waals surface area contributed by atoms with Crippen molar-refractivity contribution in [3.63, 3.8) is 0 Å². The van der Waals surface area contributed by atoms with Crippen LogP contribution >= 0.6 is 35.3 Å². The summed E-state index contributed by atoms with van der Waals surface area (Å²) in [5.41, 5.74) is 4.87. The van der Waals surface area contributed by atoms with Crippen LogP contribution in [0.25, 0.3) is 0 Å². The molecule has 0 aromatic heterocycles. The second kappa shape index (κ2) is 30.6. The van der Waals surface area contributed by atoms with Crippen LogP contribution in [0, 0.1) is 13.8 Å². The molecule has 0 aliphatic carbocycles. The third kappa shape index (κ3) is 23.2. The van der Waals surface area contributed by atoms with E-state index >= 15 is 0 Å². The van der Waals surface area contributed by atoms with Crippen LogP contribution in [0.5, 0.6) is 11.5 Å². The topological polar surface area (TPSA) is 18.5 Å². The zero-order valence-corrected chi connectivity index (χ0v) is 41.1. The van der Waals surface area contributed by atoms with Gasteiger partial charge in [-0.2, -0.15) is 23.5 Å². The highest BCUT2D eigenvalue weighted by molar-refractivity contribution is 7.99. The van der Waals surface area contributed by atoms with Gasteiger partial charge in [-0.3, -0.25) is 0 Å². The van der Waals surface area contributed by atoms with Gasteiger partial charge >= 0.3 is 0 Å². The molecule has 0 fully saturated rings. The zero-order valence-electron chi connectivity index (χ0n) is 38.6. The molecule has 0 spiro atoms. The largest absolute Gasteiger partial charge is 0.465 e. The molecule has 0 radical (unpaired) electrons. The molecule has 0 aliphatic heterocycles.